The predicted octanol–water partition coefficient (Wildman–Crippen LogP) is 6.09. The Bertz CT molecular complexity index is 526. The number of hydrogen-bond donors (Lipinski definition) is 0. The van der Waals surface area contributed by atoms with Crippen LogP contribution < -0.4 is 5.30 Å². The summed E-state index contributed by atoms with van der Waals surface area (Å²) in [5, 5.41) is 1.73. The van der Waals surface area contributed by atoms with E-state index < -0.39 is 0 Å². The van der Waals surface area contributed by atoms with Crippen LogP contribution in [0.4, 0.5) is 0 Å². The number of hydrogen-bond acceptors (Lipinski definition) is 0. The van der Waals surface area contributed by atoms with Gasteiger partial charge in [0.15, 0.2) is 0 Å². The Kier molecular flexibility index (Phi) is 4.37. The second-order valence-electron chi connectivity index (χ2n) is 10.2. The van der Waals surface area contributed by atoms with Gasteiger partial charge in [-0.3, -0.25) is 0 Å². The molecule has 124 valence electrons. The van der Waals surface area contributed by atoms with Crippen LogP contribution in [0.2, 0.25) is 0 Å². The molecule has 0 amide bonds. The molecule has 2 atom stereocenters. The van der Waals surface area contributed by atoms with E-state index in [1.807, 2.05) is 0 Å². The fourth-order valence-corrected chi connectivity index (χ4v) is 5.83. The summed E-state index contributed by atoms with van der Waals surface area (Å²) < 4.78 is 0. The summed E-state index contributed by atoms with van der Waals surface area (Å²) in [5.41, 5.74) is 6.29. The molecule has 1 aromatic rings. The Hall–Kier alpha value is -0.350. The van der Waals surface area contributed by atoms with Gasteiger partial charge < -0.3 is 0 Å². The molecule has 0 saturated carbocycles. The minimum atomic E-state index is 0.0748. The molecule has 1 heteroatoms. The average Bonchev–Trinajstić information content (AvgIpc) is 3.00. The fraction of sp³-hybridized carbons (Fsp3) is 0.714. The van der Waals surface area contributed by atoms with Crippen molar-refractivity contribution in [3.63, 3.8) is 0 Å². The van der Waals surface area contributed by atoms with Crippen LogP contribution in [0.25, 0.3) is 0 Å². The maximum Gasteiger partial charge on any atom is -0.0125 e. The van der Waals surface area contributed by atoms with E-state index in [-0.39, 0.29) is 24.2 Å². The van der Waals surface area contributed by atoms with Gasteiger partial charge in [0.05, 0.1) is 0 Å². The van der Waals surface area contributed by atoms with Crippen LogP contribution in [-0.2, 0) is 16.2 Å². The first kappa shape index (κ1) is 18.0. The standard InChI is InChI=1S/C21H35P/c1-14-13-22(14)18-16(20(5,6)7)11-15(19(2,3)4)12-17(18)21(8,9)10/h11-12,14H,13H2,1-10H3/t14-,22-/m0/s1. The summed E-state index contributed by atoms with van der Waals surface area (Å²) in [4.78, 5) is 0. The molecule has 1 saturated heterocycles. The largest absolute Gasteiger partial charge is 0.0708 e. The molecule has 2 rings (SSSR count). The summed E-state index contributed by atoms with van der Waals surface area (Å²) >= 11 is 0. The van der Waals surface area contributed by atoms with Crippen LogP contribution in [0.3, 0.4) is 0 Å². The van der Waals surface area contributed by atoms with Crippen molar-refractivity contribution in [2.24, 2.45) is 0 Å². The number of benzene rings is 1. The molecule has 1 fully saturated rings. The van der Waals surface area contributed by atoms with Crippen molar-refractivity contribution in [2.75, 3.05) is 6.16 Å². The van der Waals surface area contributed by atoms with Gasteiger partial charge >= 0.3 is 0 Å². The Labute approximate surface area is 139 Å². The van der Waals surface area contributed by atoms with Crippen LogP contribution in [0.5, 0.6) is 0 Å². The lowest BCUT2D eigenvalue weighted by Crippen LogP contribution is -2.30. The van der Waals surface area contributed by atoms with Gasteiger partial charge in [-0.15, -0.1) is 0 Å². The highest BCUT2D eigenvalue weighted by Gasteiger charge is 2.40. The fourth-order valence-electron chi connectivity index (χ4n) is 3.07. The van der Waals surface area contributed by atoms with Crippen LogP contribution in [-0.4, -0.2) is 11.8 Å². The average molecular weight is 318 g/mol. The van der Waals surface area contributed by atoms with Gasteiger partial charge in [0.1, 0.15) is 0 Å². The highest BCUT2D eigenvalue weighted by Crippen LogP contribution is 2.60. The van der Waals surface area contributed by atoms with E-state index in [2.05, 4.69) is 81.4 Å². The molecule has 1 aliphatic heterocycles. The Morgan fingerprint density at radius 2 is 1.14 bits per heavy atom. The zero-order chi connectivity index (χ0) is 17.1. The van der Waals surface area contributed by atoms with Crippen LogP contribution in [0.15, 0.2) is 12.1 Å². The second kappa shape index (κ2) is 5.34. The summed E-state index contributed by atoms with van der Waals surface area (Å²) in [7, 11) is 0.0748. The van der Waals surface area contributed by atoms with Gasteiger partial charge in [-0.25, -0.2) is 0 Å². The zero-order valence-corrected chi connectivity index (χ0v) is 17.3. The molecule has 0 aromatic heterocycles. The van der Waals surface area contributed by atoms with Crippen molar-refractivity contribution < 1.29 is 0 Å². The summed E-state index contributed by atoms with van der Waals surface area (Å²) in [6, 6.07) is 5.05. The van der Waals surface area contributed by atoms with Crippen molar-refractivity contribution in [1.82, 2.24) is 0 Å². The first-order valence-electron chi connectivity index (χ1n) is 8.69. The Morgan fingerprint density at radius 1 is 0.773 bits per heavy atom. The molecule has 22 heavy (non-hydrogen) atoms. The molecule has 1 heterocycles. The van der Waals surface area contributed by atoms with E-state index in [0.717, 1.165) is 5.66 Å². The lowest BCUT2D eigenvalue weighted by Gasteiger charge is -2.34. The van der Waals surface area contributed by atoms with E-state index in [4.69, 9.17) is 0 Å². The minimum absolute atomic E-state index is 0.0748. The molecule has 0 aliphatic carbocycles. The third kappa shape index (κ3) is 3.59. The normalized spacial score (nSPS) is 22.8. The van der Waals surface area contributed by atoms with Crippen molar-refractivity contribution in [3.05, 3.63) is 28.8 Å². The van der Waals surface area contributed by atoms with Crippen molar-refractivity contribution in [3.8, 4) is 0 Å². The summed E-state index contributed by atoms with van der Waals surface area (Å²) in [5.74, 6) is 0. The summed E-state index contributed by atoms with van der Waals surface area (Å²) in [6.45, 7) is 23.7. The van der Waals surface area contributed by atoms with Crippen molar-refractivity contribution >= 4 is 13.2 Å². The second-order valence-corrected chi connectivity index (χ2v) is 12.8. The maximum absolute atomic E-state index is 2.53. The van der Waals surface area contributed by atoms with Gasteiger partial charge in [-0.1, -0.05) is 89.3 Å². The molecular weight excluding hydrogens is 283 g/mol. The Balaban J connectivity index is 2.79. The Morgan fingerprint density at radius 3 is 1.36 bits per heavy atom. The molecule has 0 nitrogen and oxygen atoms in total. The molecular formula is C21H35P. The van der Waals surface area contributed by atoms with Crippen LogP contribution in [0, 0.1) is 0 Å². The third-order valence-corrected chi connectivity index (χ3v) is 7.51. The highest BCUT2D eigenvalue weighted by atomic mass is 31.1. The van der Waals surface area contributed by atoms with E-state index in [1.54, 1.807) is 16.4 Å². The van der Waals surface area contributed by atoms with E-state index >= 15 is 0 Å². The first-order chi connectivity index (χ1) is 9.73. The molecule has 1 aromatic carbocycles. The monoisotopic (exact) mass is 318 g/mol. The SMILES string of the molecule is C[C@H]1C[P@]1c1c(C(C)(C)C)cc(C(C)(C)C)cc1C(C)(C)C. The quantitative estimate of drug-likeness (QED) is 0.550. The zero-order valence-electron chi connectivity index (χ0n) is 16.4. The third-order valence-electron chi connectivity index (χ3n) is 4.74. The van der Waals surface area contributed by atoms with Gasteiger partial charge in [-0.2, -0.15) is 0 Å². The lowest BCUT2D eigenvalue weighted by molar-refractivity contribution is 0.553. The van der Waals surface area contributed by atoms with Crippen LogP contribution >= 0.6 is 7.92 Å². The van der Waals surface area contributed by atoms with E-state index in [0.29, 0.717) is 0 Å². The molecule has 0 unspecified atom stereocenters. The lowest BCUT2D eigenvalue weighted by atomic mass is 9.75. The number of rotatable bonds is 1. The van der Waals surface area contributed by atoms with E-state index in [9.17, 15) is 0 Å². The smallest absolute Gasteiger partial charge is 0.0125 e. The van der Waals surface area contributed by atoms with Gasteiger partial charge in [-0.05, 0) is 50.1 Å². The van der Waals surface area contributed by atoms with Gasteiger partial charge in [0.25, 0.3) is 0 Å². The molecule has 0 N–H and O–H groups in total. The van der Waals surface area contributed by atoms with Gasteiger partial charge in [0, 0.05) is 0 Å². The van der Waals surface area contributed by atoms with E-state index in [1.165, 1.54) is 11.7 Å². The first-order valence-corrected chi connectivity index (χ1v) is 10.3. The molecule has 0 bridgehead atoms. The molecule has 0 spiro atoms. The van der Waals surface area contributed by atoms with Gasteiger partial charge in [0.2, 0.25) is 0 Å². The summed E-state index contributed by atoms with van der Waals surface area (Å²) in [6.07, 6.45) is 1.43. The van der Waals surface area contributed by atoms with Crippen molar-refractivity contribution in [2.45, 2.75) is 91.1 Å². The minimum Gasteiger partial charge on any atom is -0.0708 e. The molecule has 1 aliphatic rings. The highest BCUT2D eigenvalue weighted by molar-refractivity contribution is 7.73. The van der Waals surface area contributed by atoms with Crippen molar-refractivity contribution in [1.29, 1.82) is 0 Å². The maximum atomic E-state index is 2.53. The van der Waals surface area contributed by atoms with Crippen LogP contribution in [0.1, 0.15) is 85.9 Å². The predicted molar refractivity (Wildman–Crippen MR) is 103 cm³/mol. The molecule has 0 radical (unpaired) electrons. The topological polar surface area (TPSA) is 0 Å².